The second-order valence-electron chi connectivity index (χ2n) is 8.53. The van der Waals surface area contributed by atoms with Crippen molar-refractivity contribution in [3.05, 3.63) is 58.3 Å². The number of benzene rings is 1. The number of likely N-dealkylation sites (tertiary alicyclic amines) is 1. The summed E-state index contributed by atoms with van der Waals surface area (Å²) in [6.45, 7) is 4.68. The lowest BCUT2D eigenvalue weighted by atomic mass is 9.73. The molecule has 1 amide bonds. The fraction of sp³-hybridized carbons (Fsp3) is 0.500. The Kier molecular flexibility index (Phi) is 4.68. The van der Waals surface area contributed by atoms with E-state index in [-0.39, 0.29) is 29.3 Å². The Morgan fingerprint density at radius 3 is 3.03 bits per heavy atom. The van der Waals surface area contributed by atoms with Crippen LogP contribution in [-0.2, 0) is 11.3 Å². The standard InChI is InChI=1S/C22H24ClFN2O3/c1-13-15(3-2-4-18(13)24)21(27)25-9-16-17-11-26(10-14-5-6-20(23)28-14)12-22(17)8-7-19(16)29-22/h2-6,16-17,19H,7-12H2,1H3,(H,25,27)/t16-,17+,19+,22+/m0/s1. The Morgan fingerprint density at radius 2 is 2.24 bits per heavy atom. The largest absolute Gasteiger partial charge is 0.448 e. The highest BCUT2D eigenvalue weighted by molar-refractivity contribution is 6.28. The van der Waals surface area contributed by atoms with E-state index in [1.54, 1.807) is 25.1 Å². The molecule has 1 spiro atoms. The van der Waals surface area contributed by atoms with Crippen molar-refractivity contribution in [3.63, 3.8) is 0 Å². The lowest BCUT2D eigenvalue weighted by Gasteiger charge is -2.29. The third-order valence-corrected chi connectivity index (χ3v) is 7.08. The summed E-state index contributed by atoms with van der Waals surface area (Å²) in [7, 11) is 0. The van der Waals surface area contributed by atoms with Gasteiger partial charge in [-0.05, 0) is 61.2 Å². The highest BCUT2D eigenvalue weighted by Crippen LogP contribution is 2.54. The number of hydrogen-bond acceptors (Lipinski definition) is 4. The summed E-state index contributed by atoms with van der Waals surface area (Å²) in [5, 5.41) is 3.44. The molecule has 1 aromatic carbocycles. The Balaban J connectivity index is 1.26. The molecule has 154 valence electrons. The lowest BCUT2D eigenvalue weighted by Crippen LogP contribution is -2.42. The van der Waals surface area contributed by atoms with Gasteiger partial charge in [-0.1, -0.05) is 6.07 Å². The molecule has 0 aliphatic carbocycles. The first kappa shape index (κ1) is 19.1. The number of halogens is 2. The highest BCUT2D eigenvalue weighted by Gasteiger charge is 2.62. The maximum Gasteiger partial charge on any atom is 0.251 e. The van der Waals surface area contributed by atoms with Crippen molar-refractivity contribution < 1.29 is 18.3 Å². The topological polar surface area (TPSA) is 54.7 Å². The van der Waals surface area contributed by atoms with Crippen LogP contribution < -0.4 is 5.32 Å². The number of rotatable bonds is 5. The van der Waals surface area contributed by atoms with Gasteiger partial charge < -0.3 is 14.5 Å². The van der Waals surface area contributed by atoms with Crippen LogP contribution in [0.15, 0.2) is 34.7 Å². The van der Waals surface area contributed by atoms with E-state index >= 15 is 0 Å². The number of nitrogens with zero attached hydrogens (tertiary/aromatic N) is 1. The van der Waals surface area contributed by atoms with E-state index in [0.717, 1.165) is 31.7 Å². The molecule has 0 unspecified atom stereocenters. The fourth-order valence-corrected chi connectivity index (χ4v) is 5.66. The van der Waals surface area contributed by atoms with Gasteiger partial charge in [-0.3, -0.25) is 9.69 Å². The summed E-state index contributed by atoms with van der Waals surface area (Å²) in [5.74, 6) is 0.919. The maximum absolute atomic E-state index is 13.8. The molecule has 3 fully saturated rings. The molecule has 29 heavy (non-hydrogen) atoms. The van der Waals surface area contributed by atoms with E-state index in [0.29, 0.717) is 35.4 Å². The quantitative estimate of drug-likeness (QED) is 0.802. The highest BCUT2D eigenvalue weighted by atomic mass is 35.5. The lowest BCUT2D eigenvalue weighted by molar-refractivity contribution is 0.00168. The van der Waals surface area contributed by atoms with Crippen molar-refractivity contribution in [2.75, 3.05) is 19.6 Å². The van der Waals surface area contributed by atoms with E-state index in [2.05, 4.69) is 10.2 Å². The molecular weight excluding hydrogens is 395 g/mol. The number of carbonyl (C=O) groups is 1. The summed E-state index contributed by atoms with van der Waals surface area (Å²) >= 11 is 5.89. The van der Waals surface area contributed by atoms with Gasteiger partial charge in [0.1, 0.15) is 11.6 Å². The minimum Gasteiger partial charge on any atom is -0.448 e. The second kappa shape index (κ2) is 7.11. The van der Waals surface area contributed by atoms with Crippen molar-refractivity contribution in [2.45, 2.75) is 38.0 Å². The summed E-state index contributed by atoms with van der Waals surface area (Å²) in [6, 6.07) is 8.28. The predicted octanol–water partition coefficient (Wildman–Crippen LogP) is 3.79. The van der Waals surface area contributed by atoms with Crippen molar-refractivity contribution in [2.24, 2.45) is 11.8 Å². The normalized spacial score (nSPS) is 30.7. The second-order valence-corrected chi connectivity index (χ2v) is 8.90. The number of furan rings is 1. The Bertz CT molecular complexity index is 948. The smallest absolute Gasteiger partial charge is 0.251 e. The van der Waals surface area contributed by atoms with Crippen LogP contribution in [0.5, 0.6) is 0 Å². The first-order valence-corrected chi connectivity index (χ1v) is 10.5. The summed E-state index contributed by atoms with van der Waals surface area (Å²) < 4.78 is 25.7. The van der Waals surface area contributed by atoms with E-state index in [9.17, 15) is 9.18 Å². The minimum absolute atomic E-state index is 0.120. The number of ether oxygens (including phenoxy) is 1. The van der Waals surface area contributed by atoms with Gasteiger partial charge in [0.05, 0.1) is 18.2 Å². The van der Waals surface area contributed by atoms with E-state index in [1.807, 2.05) is 6.07 Å². The molecule has 3 aliphatic rings. The van der Waals surface area contributed by atoms with Gasteiger partial charge in [0.25, 0.3) is 5.91 Å². The van der Waals surface area contributed by atoms with Crippen molar-refractivity contribution in [1.82, 2.24) is 10.2 Å². The molecule has 0 saturated carbocycles. The SMILES string of the molecule is Cc1c(F)cccc1C(=O)NC[C@H]1[C@H]2CN(Cc3ccc(Cl)o3)C[C@]23CC[C@H]1O3. The van der Waals surface area contributed by atoms with Crippen LogP contribution in [0.3, 0.4) is 0 Å². The molecule has 1 aromatic heterocycles. The Hall–Kier alpha value is -1.89. The zero-order valence-corrected chi connectivity index (χ0v) is 17.0. The first-order chi connectivity index (χ1) is 13.9. The predicted molar refractivity (Wildman–Crippen MR) is 106 cm³/mol. The average Bonchev–Trinajstić information content (AvgIpc) is 3.43. The van der Waals surface area contributed by atoms with Gasteiger partial charge in [-0.15, -0.1) is 0 Å². The monoisotopic (exact) mass is 418 g/mol. The van der Waals surface area contributed by atoms with Gasteiger partial charge in [-0.25, -0.2) is 4.39 Å². The molecule has 4 atom stereocenters. The summed E-state index contributed by atoms with van der Waals surface area (Å²) in [4.78, 5) is 15.0. The van der Waals surface area contributed by atoms with E-state index in [4.69, 9.17) is 20.8 Å². The molecule has 7 heteroatoms. The molecule has 1 N–H and O–H groups in total. The Labute approximate surface area is 174 Å². The third kappa shape index (κ3) is 3.27. The van der Waals surface area contributed by atoms with Gasteiger partial charge >= 0.3 is 0 Å². The van der Waals surface area contributed by atoms with Crippen LogP contribution in [0, 0.1) is 24.6 Å². The molecule has 0 radical (unpaired) electrons. The average molecular weight is 419 g/mol. The Morgan fingerprint density at radius 1 is 1.38 bits per heavy atom. The number of amides is 1. The van der Waals surface area contributed by atoms with Gasteiger partial charge in [0.15, 0.2) is 5.22 Å². The zero-order chi connectivity index (χ0) is 20.2. The van der Waals surface area contributed by atoms with Gasteiger partial charge in [-0.2, -0.15) is 0 Å². The van der Waals surface area contributed by atoms with Crippen LogP contribution in [-0.4, -0.2) is 42.1 Å². The zero-order valence-electron chi connectivity index (χ0n) is 16.3. The van der Waals surface area contributed by atoms with Crippen LogP contribution in [0.1, 0.15) is 34.5 Å². The van der Waals surface area contributed by atoms with Gasteiger partial charge in [0.2, 0.25) is 0 Å². The van der Waals surface area contributed by atoms with Crippen molar-refractivity contribution >= 4 is 17.5 Å². The summed E-state index contributed by atoms with van der Waals surface area (Å²) in [6.07, 6.45) is 2.27. The van der Waals surface area contributed by atoms with E-state index in [1.165, 1.54) is 6.07 Å². The first-order valence-electron chi connectivity index (χ1n) is 10.1. The molecule has 4 heterocycles. The molecule has 5 nitrogen and oxygen atoms in total. The molecule has 2 aromatic rings. The molecular formula is C22H24ClFN2O3. The number of fused-ring (bicyclic) bond motifs is 1. The maximum atomic E-state index is 13.8. The minimum atomic E-state index is -0.357. The van der Waals surface area contributed by atoms with Crippen LogP contribution in [0.2, 0.25) is 5.22 Å². The number of carbonyl (C=O) groups excluding carboxylic acids is 1. The van der Waals surface area contributed by atoms with Crippen molar-refractivity contribution in [1.29, 1.82) is 0 Å². The van der Waals surface area contributed by atoms with Gasteiger partial charge in [0, 0.05) is 37.0 Å². The van der Waals surface area contributed by atoms with Crippen LogP contribution in [0.4, 0.5) is 4.39 Å². The molecule has 3 saturated heterocycles. The third-order valence-electron chi connectivity index (χ3n) is 6.87. The van der Waals surface area contributed by atoms with Crippen molar-refractivity contribution in [3.8, 4) is 0 Å². The number of hydrogen-bond donors (Lipinski definition) is 1. The fourth-order valence-electron chi connectivity index (χ4n) is 5.50. The van der Waals surface area contributed by atoms with Crippen LogP contribution >= 0.6 is 11.6 Å². The van der Waals surface area contributed by atoms with E-state index < -0.39 is 0 Å². The van der Waals surface area contributed by atoms with Crippen LogP contribution in [0.25, 0.3) is 0 Å². The number of nitrogens with one attached hydrogen (secondary N) is 1. The summed E-state index contributed by atoms with van der Waals surface area (Å²) in [5.41, 5.74) is 0.659. The molecule has 2 bridgehead atoms. The molecule has 5 rings (SSSR count). The molecule has 3 aliphatic heterocycles.